The van der Waals surface area contributed by atoms with E-state index in [1.807, 2.05) is 35.5 Å². The largest absolute Gasteiger partial charge is 0.371 e. The highest BCUT2D eigenvalue weighted by Gasteiger charge is 2.42. The first-order valence-electron chi connectivity index (χ1n) is 13.2. The lowest BCUT2D eigenvalue weighted by Gasteiger charge is -2.40. The normalized spacial score (nSPS) is 20.0. The number of carbonyl (C=O) groups is 2. The van der Waals surface area contributed by atoms with Crippen LogP contribution in [0.4, 0.5) is 10.1 Å². The molecule has 6 rings (SSSR count). The molecule has 1 N–H and O–H groups in total. The summed E-state index contributed by atoms with van der Waals surface area (Å²) in [5.41, 5.74) is 4.23. The first kappa shape index (κ1) is 24.9. The van der Waals surface area contributed by atoms with Crippen LogP contribution in [0.5, 0.6) is 0 Å². The van der Waals surface area contributed by atoms with E-state index in [0.717, 1.165) is 75.5 Å². The Morgan fingerprint density at radius 3 is 2.55 bits per heavy atom. The highest BCUT2D eigenvalue weighted by molar-refractivity contribution is 6.33. The minimum absolute atomic E-state index is 0.0476. The van der Waals surface area contributed by atoms with Gasteiger partial charge in [-0.25, -0.2) is 4.39 Å². The average Bonchev–Trinajstić information content (AvgIpc) is 3.54. The summed E-state index contributed by atoms with van der Waals surface area (Å²) >= 11 is 6.13. The standard InChI is InChI=1S/C30H30ClFN4O2/c31-26-5-4-22(32)18-25(26)28(37)34-27-6-3-20-1-2-21(17-24(20)27)29(38)36-16-11-30(19-36)9-14-35(15-10-30)23-7-12-33-13-8-23/h1-2,4-5,7-8,12-13,17-18,27H,3,6,9-11,14-16,19H2,(H,34,37)/t27-/m1/s1. The van der Waals surface area contributed by atoms with Gasteiger partial charge < -0.3 is 15.1 Å². The Kier molecular flexibility index (Phi) is 6.56. The van der Waals surface area contributed by atoms with Crippen molar-refractivity contribution in [3.8, 4) is 0 Å². The SMILES string of the molecule is O=C(N[C@@H]1CCc2ccc(C(=O)N3CCC4(CCN(c5ccncc5)CC4)C3)cc21)c1cc(F)ccc1Cl. The maximum absolute atomic E-state index is 13.7. The third kappa shape index (κ3) is 4.75. The van der Waals surface area contributed by atoms with Crippen molar-refractivity contribution in [1.82, 2.24) is 15.2 Å². The molecule has 0 bridgehead atoms. The second-order valence-corrected chi connectivity index (χ2v) is 11.2. The van der Waals surface area contributed by atoms with Crippen molar-refractivity contribution in [2.75, 3.05) is 31.1 Å². The number of hydrogen-bond acceptors (Lipinski definition) is 4. The molecule has 1 aliphatic carbocycles. The van der Waals surface area contributed by atoms with Crippen LogP contribution in [0.2, 0.25) is 5.02 Å². The molecule has 0 radical (unpaired) electrons. The van der Waals surface area contributed by atoms with Gasteiger partial charge in [-0.1, -0.05) is 17.7 Å². The number of likely N-dealkylation sites (tertiary alicyclic amines) is 1. The maximum atomic E-state index is 13.7. The molecule has 2 saturated heterocycles. The monoisotopic (exact) mass is 532 g/mol. The Labute approximate surface area is 226 Å². The molecule has 0 saturated carbocycles. The summed E-state index contributed by atoms with van der Waals surface area (Å²) in [6.07, 6.45) is 8.37. The summed E-state index contributed by atoms with van der Waals surface area (Å²) in [6.45, 7) is 3.53. The van der Waals surface area contributed by atoms with Gasteiger partial charge in [-0.2, -0.15) is 0 Å². The average molecular weight is 533 g/mol. The van der Waals surface area contributed by atoms with E-state index in [1.165, 1.54) is 17.8 Å². The van der Waals surface area contributed by atoms with Crippen LogP contribution in [-0.2, 0) is 6.42 Å². The molecule has 0 unspecified atom stereocenters. The number of amides is 2. The van der Waals surface area contributed by atoms with Gasteiger partial charge in [-0.05, 0) is 91.1 Å². The van der Waals surface area contributed by atoms with Crippen molar-refractivity contribution < 1.29 is 14.0 Å². The van der Waals surface area contributed by atoms with E-state index in [9.17, 15) is 14.0 Å². The number of carbonyl (C=O) groups excluding carboxylic acids is 2. The van der Waals surface area contributed by atoms with Crippen molar-refractivity contribution in [1.29, 1.82) is 0 Å². The van der Waals surface area contributed by atoms with Crippen molar-refractivity contribution in [2.45, 2.75) is 38.1 Å². The van der Waals surface area contributed by atoms with Gasteiger partial charge in [0.2, 0.25) is 0 Å². The van der Waals surface area contributed by atoms with Crippen molar-refractivity contribution >= 4 is 29.1 Å². The Morgan fingerprint density at radius 1 is 1.00 bits per heavy atom. The van der Waals surface area contributed by atoms with Crippen LogP contribution >= 0.6 is 11.6 Å². The smallest absolute Gasteiger partial charge is 0.253 e. The van der Waals surface area contributed by atoms with E-state index in [-0.39, 0.29) is 28.0 Å². The molecule has 196 valence electrons. The first-order valence-corrected chi connectivity index (χ1v) is 13.6. The van der Waals surface area contributed by atoms with Gasteiger partial charge in [0.1, 0.15) is 5.82 Å². The molecule has 3 aliphatic rings. The van der Waals surface area contributed by atoms with E-state index < -0.39 is 11.7 Å². The van der Waals surface area contributed by atoms with Crippen molar-refractivity contribution in [3.63, 3.8) is 0 Å². The fraction of sp³-hybridized carbons (Fsp3) is 0.367. The lowest BCUT2D eigenvalue weighted by Crippen LogP contribution is -2.42. The van der Waals surface area contributed by atoms with Crippen LogP contribution in [0.3, 0.4) is 0 Å². The van der Waals surface area contributed by atoms with E-state index in [2.05, 4.69) is 27.3 Å². The molecule has 6 nitrogen and oxygen atoms in total. The number of anilines is 1. The molecule has 2 fully saturated rings. The number of piperidine rings is 1. The summed E-state index contributed by atoms with van der Waals surface area (Å²) in [6, 6.07) is 13.5. The van der Waals surface area contributed by atoms with Gasteiger partial charge in [-0.3, -0.25) is 14.6 Å². The third-order valence-corrected chi connectivity index (χ3v) is 8.86. The summed E-state index contributed by atoms with van der Waals surface area (Å²) < 4.78 is 13.7. The van der Waals surface area contributed by atoms with Crippen LogP contribution in [0.1, 0.15) is 63.6 Å². The highest BCUT2D eigenvalue weighted by Crippen LogP contribution is 2.42. The lowest BCUT2D eigenvalue weighted by molar-refractivity contribution is 0.0764. The summed E-state index contributed by atoms with van der Waals surface area (Å²) in [5, 5.41) is 3.20. The minimum atomic E-state index is -0.509. The van der Waals surface area contributed by atoms with Crippen LogP contribution in [-0.4, -0.2) is 47.9 Å². The zero-order valence-electron chi connectivity index (χ0n) is 21.1. The number of rotatable bonds is 4. The number of aryl methyl sites for hydroxylation is 1. The Hall–Kier alpha value is -3.45. The predicted octanol–water partition coefficient (Wildman–Crippen LogP) is 5.42. The van der Waals surface area contributed by atoms with Crippen LogP contribution in [0, 0.1) is 11.2 Å². The quantitative estimate of drug-likeness (QED) is 0.487. The van der Waals surface area contributed by atoms with Crippen LogP contribution < -0.4 is 10.2 Å². The Balaban J connectivity index is 1.12. The van der Waals surface area contributed by atoms with E-state index in [1.54, 1.807) is 0 Å². The van der Waals surface area contributed by atoms with Crippen molar-refractivity contribution in [2.24, 2.45) is 5.41 Å². The van der Waals surface area contributed by atoms with Crippen LogP contribution in [0.15, 0.2) is 60.9 Å². The predicted molar refractivity (Wildman–Crippen MR) is 145 cm³/mol. The summed E-state index contributed by atoms with van der Waals surface area (Å²) in [7, 11) is 0. The second-order valence-electron chi connectivity index (χ2n) is 10.8. The third-order valence-electron chi connectivity index (χ3n) is 8.53. The summed E-state index contributed by atoms with van der Waals surface area (Å²) in [4.78, 5) is 34.9. The molecule has 8 heteroatoms. The molecule has 3 aromatic rings. The van der Waals surface area contributed by atoms with Gasteiger partial charge in [0.05, 0.1) is 16.6 Å². The van der Waals surface area contributed by atoms with E-state index in [4.69, 9.17) is 11.6 Å². The number of nitrogens with one attached hydrogen (secondary N) is 1. The number of hydrogen-bond donors (Lipinski definition) is 1. The maximum Gasteiger partial charge on any atom is 0.253 e. The summed E-state index contributed by atoms with van der Waals surface area (Å²) in [5.74, 6) is -0.874. The van der Waals surface area contributed by atoms with Gasteiger partial charge >= 0.3 is 0 Å². The van der Waals surface area contributed by atoms with Crippen molar-refractivity contribution in [3.05, 3.63) is 94.0 Å². The molecular weight excluding hydrogens is 503 g/mol. The minimum Gasteiger partial charge on any atom is -0.371 e. The second kappa shape index (κ2) is 10.0. The number of aromatic nitrogens is 1. The highest BCUT2D eigenvalue weighted by atomic mass is 35.5. The molecular formula is C30H30ClFN4O2. The zero-order valence-corrected chi connectivity index (χ0v) is 21.9. The number of pyridine rings is 1. The molecule has 2 amide bonds. The molecule has 38 heavy (non-hydrogen) atoms. The van der Waals surface area contributed by atoms with E-state index >= 15 is 0 Å². The number of halogens is 2. The fourth-order valence-electron chi connectivity index (χ4n) is 6.29. The topological polar surface area (TPSA) is 65.5 Å². The molecule has 2 aromatic carbocycles. The number of nitrogens with zero attached hydrogens (tertiary/aromatic N) is 3. The molecule has 2 aliphatic heterocycles. The van der Waals surface area contributed by atoms with Gasteiger partial charge in [0.25, 0.3) is 11.8 Å². The fourth-order valence-corrected chi connectivity index (χ4v) is 6.49. The Bertz CT molecular complexity index is 1370. The number of benzene rings is 2. The van der Waals surface area contributed by atoms with Gasteiger partial charge in [0.15, 0.2) is 0 Å². The Morgan fingerprint density at radius 2 is 1.76 bits per heavy atom. The van der Waals surface area contributed by atoms with Gasteiger partial charge in [0, 0.05) is 49.8 Å². The number of fused-ring (bicyclic) bond motifs is 1. The molecule has 3 heterocycles. The van der Waals surface area contributed by atoms with E-state index in [0.29, 0.717) is 5.56 Å². The molecule has 1 spiro atoms. The molecule has 1 atom stereocenters. The lowest BCUT2D eigenvalue weighted by atomic mass is 9.77. The zero-order chi connectivity index (χ0) is 26.3. The van der Waals surface area contributed by atoms with Gasteiger partial charge in [-0.15, -0.1) is 0 Å². The first-order chi connectivity index (χ1) is 18.4. The molecule has 1 aromatic heterocycles. The van der Waals surface area contributed by atoms with Crippen LogP contribution in [0.25, 0.3) is 0 Å².